The third kappa shape index (κ3) is 41.6. The summed E-state index contributed by atoms with van der Waals surface area (Å²) >= 11 is 0. The number of rotatable bonds is 54. The molecule has 1 saturated carbocycles. The molecule has 2 atom stereocenters. The van der Waals surface area contributed by atoms with Gasteiger partial charge in [-0.1, -0.05) is 316 Å². The molecule has 0 aromatic rings. The number of esters is 3. The van der Waals surface area contributed by atoms with Gasteiger partial charge in [-0.25, -0.2) is 0 Å². The van der Waals surface area contributed by atoms with Gasteiger partial charge in [-0.2, -0.15) is 0 Å². The normalized spacial score (nSPS) is 16.0. The van der Waals surface area contributed by atoms with Crippen molar-refractivity contribution in [2.45, 2.75) is 348 Å². The van der Waals surface area contributed by atoms with Crippen LogP contribution in [0.2, 0.25) is 0 Å². The maximum atomic E-state index is 13.8. The lowest BCUT2D eigenvalue weighted by Gasteiger charge is -2.34. The number of carbonyl (C=O) groups excluding carboxylic acids is 3. The van der Waals surface area contributed by atoms with Gasteiger partial charge in [0.15, 0.2) is 0 Å². The van der Waals surface area contributed by atoms with Crippen molar-refractivity contribution >= 4 is 17.9 Å². The lowest BCUT2D eigenvalue weighted by atomic mass is 9.72. The summed E-state index contributed by atoms with van der Waals surface area (Å²) in [6.07, 6.45) is 64.1. The van der Waals surface area contributed by atoms with E-state index >= 15 is 0 Å². The van der Waals surface area contributed by atoms with E-state index in [1.807, 2.05) is 0 Å². The Balaban J connectivity index is 2.41. The lowest BCUT2D eigenvalue weighted by molar-refractivity contribution is -0.172. The molecule has 0 radical (unpaired) electrons. The van der Waals surface area contributed by atoms with Crippen molar-refractivity contribution in [3.05, 3.63) is 0 Å². The summed E-state index contributed by atoms with van der Waals surface area (Å²) in [4.78, 5) is 41.1. The Morgan fingerprint density at radius 3 is 0.638 bits per heavy atom. The van der Waals surface area contributed by atoms with Crippen LogP contribution in [0.15, 0.2) is 0 Å². The van der Waals surface area contributed by atoms with Crippen LogP contribution < -0.4 is 0 Å². The van der Waals surface area contributed by atoms with E-state index in [0.717, 1.165) is 44.9 Å². The van der Waals surface area contributed by atoms with Gasteiger partial charge in [0, 0.05) is 0 Å². The molecule has 1 aliphatic carbocycles. The Morgan fingerprint density at radius 1 is 0.261 bits per heavy atom. The average Bonchev–Trinajstić information content (AvgIpc) is 3.36. The number of hydrogen-bond acceptors (Lipinski definition) is 6. The van der Waals surface area contributed by atoms with Crippen molar-refractivity contribution < 1.29 is 28.6 Å². The van der Waals surface area contributed by atoms with E-state index < -0.39 is 23.7 Å². The van der Waals surface area contributed by atoms with Crippen molar-refractivity contribution in [3.8, 4) is 0 Å². The van der Waals surface area contributed by atoms with Crippen molar-refractivity contribution in [1.82, 2.24) is 0 Å². The molecule has 0 aromatic heterocycles. The van der Waals surface area contributed by atoms with Crippen LogP contribution in [0.1, 0.15) is 348 Å². The minimum atomic E-state index is -0.823. The maximum Gasteiger partial charge on any atom is 0.310 e. The molecule has 1 fully saturated rings. The van der Waals surface area contributed by atoms with Gasteiger partial charge < -0.3 is 14.2 Å². The minimum absolute atomic E-state index is 0.337. The molecule has 0 amide bonds. The van der Waals surface area contributed by atoms with Gasteiger partial charge in [0.05, 0.1) is 37.6 Å². The van der Waals surface area contributed by atoms with Gasteiger partial charge >= 0.3 is 17.9 Å². The molecule has 6 heteroatoms. The van der Waals surface area contributed by atoms with E-state index in [4.69, 9.17) is 14.2 Å². The van der Waals surface area contributed by atoms with Crippen LogP contribution in [0.5, 0.6) is 0 Å². The molecular weight excluding hydrogens is 853 g/mol. The Labute approximate surface area is 430 Å². The molecule has 0 aliphatic heterocycles. The van der Waals surface area contributed by atoms with E-state index in [9.17, 15) is 14.4 Å². The lowest BCUT2D eigenvalue weighted by Crippen LogP contribution is -2.44. The third-order valence-electron chi connectivity index (χ3n) is 15.5. The van der Waals surface area contributed by atoms with Crippen LogP contribution in [-0.4, -0.2) is 37.7 Å². The first-order chi connectivity index (χ1) is 34.1. The van der Waals surface area contributed by atoms with Crippen LogP contribution in [0.3, 0.4) is 0 Å². The van der Waals surface area contributed by atoms with E-state index in [1.165, 1.54) is 263 Å². The number of unbranched alkanes of at least 4 members (excludes halogenated alkanes) is 45. The summed E-state index contributed by atoms with van der Waals surface area (Å²) in [6.45, 7) is 7.95. The van der Waals surface area contributed by atoms with Crippen LogP contribution in [0.25, 0.3) is 0 Å². The van der Waals surface area contributed by atoms with E-state index in [-0.39, 0.29) is 11.9 Å². The fraction of sp³-hybridized carbons (Fsp3) is 0.952. The molecule has 6 nitrogen and oxygen atoms in total. The predicted octanol–water partition coefficient (Wildman–Crippen LogP) is 20.4. The summed E-state index contributed by atoms with van der Waals surface area (Å²) in [7, 11) is 0. The highest BCUT2D eigenvalue weighted by atomic mass is 16.5. The minimum Gasteiger partial charge on any atom is -0.465 e. The second-order valence-electron chi connectivity index (χ2n) is 22.1. The highest BCUT2D eigenvalue weighted by Gasteiger charge is 2.47. The zero-order chi connectivity index (χ0) is 49.8. The largest absolute Gasteiger partial charge is 0.465 e. The first-order valence-electron chi connectivity index (χ1n) is 31.6. The van der Waals surface area contributed by atoms with Gasteiger partial charge in [-0.15, -0.1) is 0 Å². The second kappa shape index (κ2) is 52.7. The number of ether oxygens (including phenoxy) is 3. The summed E-state index contributed by atoms with van der Waals surface area (Å²) in [5, 5.41) is 0. The molecule has 408 valence electrons. The van der Waals surface area contributed by atoms with E-state index in [2.05, 4.69) is 20.8 Å². The Morgan fingerprint density at radius 2 is 0.435 bits per heavy atom. The molecule has 69 heavy (non-hydrogen) atoms. The first-order valence-corrected chi connectivity index (χ1v) is 31.6. The standard InChI is InChI=1S/C63H120O6/c1-4-7-10-13-16-19-22-25-28-31-34-37-40-43-46-49-55-67-61(64)58-53-52-54-59(62(65)68-56-50-47-44-41-38-35-32-29-26-23-20-17-14-11-8-5-2)60(58)63(66)69-57-51-48-45-42-39-36-33-30-27-24-21-18-15-12-9-6-3/h58-60H,4-57H2,1-3H3. The van der Waals surface area contributed by atoms with Crippen LogP contribution in [0, 0.1) is 17.8 Å². The van der Waals surface area contributed by atoms with Crippen molar-refractivity contribution in [2.24, 2.45) is 17.8 Å². The van der Waals surface area contributed by atoms with Gasteiger partial charge in [-0.3, -0.25) is 14.4 Å². The average molecular weight is 974 g/mol. The quantitative estimate of drug-likeness (QED) is 0.0343. The van der Waals surface area contributed by atoms with Crippen molar-refractivity contribution in [1.29, 1.82) is 0 Å². The molecular formula is C63H120O6. The summed E-state index contributed by atoms with van der Waals surface area (Å²) in [5.74, 6) is -3.20. The number of carbonyl (C=O) groups is 3. The van der Waals surface area contributed by atoms with E-state index in [0.29, 0.717) is 39.1 Å². The summed E-state index contributed by atoms with van der Waals surface area (Å²) in [5.41, 5.74) is 0. The maximum absolute atomic E-state index is 13.8. The predicted molar refractivity (Wildman–Crippen MR) is 296 cm³/mol. The zero-order valence-corrected chi connectivity index (χ0v) is 46.9. The Hall–Kier alpha value is -1.59. The highest BCUT2D eigenvalue weighted by Crippen LogP contribution is 2.38. The first kappa shape index (κ1) is 65.4. The molecule has 0 aromatic carbocycles. The van der Waals surface area contributed by atoms with Crippen molar-refractivity contribution in [2.75, 3.05) is 19.8 Å². The van der Waals surface area contributed by atoms with Crippen LogP contribution >= 0.6 is 0 Å². The fourth-order valence-corrected chi connectivity index (χ4v) is 10.8. The topological polar surface area (TPSA) is 78.9 Å². The molecule has 1 aliphatic rings. The smallest absolute Gasteiger partial charge is 0.310 e. The number of hydrogen-bond donors (Lipinski definition) is 0. The monoisotopic (exact) mass is 973 g/mol. The second-order valence-corrected chi connectivity index (χ2v) is 22.1. The molecule has 0 heterocycles. The SMILES string of the molecule is CCCCCCCCCCCCCCCCCCOC(=O)C1CCCC(C(=O)OCCCCCCCCCCCCCCCCCC)C1C(=O)OCCCCCCCCCCCCCCCCCC. The molecule has 0 saturated heterocycles. The zero-order valence-electron chi connectivity index (χ0n) is 46.9. The van der Waals surface area contributed by atoms with Gasteiger partial charge in [-0.05, 0) is 32.1 Å². The molecule has 1 rings (SSSR count). The van der Waals surface area contributed by atoms with Crippen LogP contribution in [-0.2, 0) is 28.6 Å². The van der Waals surface area contributed by atoms with Gasteiger partial charge in [0.1, 0.15) is 0 Å². The summed E-state index contributed by atoms with van der Waals surface area (Å²) < 4.78 is 17.6. The summed E-state index contributed by atoms with van der Waals surface area (Å²) in [6, 6.07) is 0. The highest BCUT2D eigenvalue weighted by molar-refractivity contribution is 5.87. The fourth-order valence-electron chi connectivity index (χ4n) is 10.8. The molecule has 0 N–H and O–H groups in total. The third-order valence-corrected chi connectivity index (χ3v) is 15.5. The van der Waals surface area contributed by atoms with Gasteiger partial charge in [0.2, 0.25) is 0 Å². The Kier molecular flexibility index (Phi) is 50.0. The van der Waals surface area contributed by atoms with Gasteiger partial charge in [0.25, 0.3) is 0 Å². The Bertz CT molecular complexity index is 1030. The van der Waals surface area contributed by atoms with Crippen molar-refractivity contribution in [3.63, 3.8) is 0 Å². The molecule has 0 spiro atoms. The van der Waals surface area contributed by atoms with E-state index in [1.54, 1.807) is 0 Å². The van der Waals surface area contributed by atoms with Crippen LogP contribution in [0.4, 0.5) is 0 Å². The molecule has 0 bridgehead atoms. The molecule has 2 unspecified atom stereocenters.